The molecule has 1 saturated carbocycles. The maximum Gasteiger partial charge on any atom is 0.254 e. The molecule has 5 rings (SSSR count). The highest BCUT2D eigenvalue weighted by atomic mass is 16.6. The number of amides is 2. The van der Waals surface area contributed by atoms with Crippen molar-refractivity contribution in [3.8, 4) is 0 Å². The van der Waals surface area contributed by atoms with Gasteiger partial charge in [0.1, 0.15) is 11.4 Å². The zero-order chi connectivity index (χ0) is 24.2. The maximum atomic E-state index is 13.7. The van der Waals surface area contributed by atoms with Gasteiger partial charge in [-0.25, -0.2) is 4.63 Å². The van der Waals surface area contributed by atoms with E-state index in [1.54, 1.807) is 4.90 Å². The standard InChI is InChI=1S/C26H31N5O3/c1-15-6-7-21-19(12-15)23(16(2)17(3)27-21)25(33)31-10-8-26(9-11-31)13-20(26)24(32)30(5)14-22-18(4)28-34-29-22/h6-7,12,20H,8-11,13-14H2,1-5H3/t20-/m1/s1. The van der Waals surface area contributed by atoms with E-state index in [9.17, 15) is 9.59 Å². The van der Waals surface area contributed by atoms with Gasteiger partial charge in [0.15, 0.2) is 0 Å². The Kier molecular flexibility index (Phi) is 5.41. The van der Waals surface area contributed by atoms with Gasteiger partial charge in [0.05, 0.1) is 17.6 Å². The number of aromatic nitrogens is 3. The van der Waals surface area contributed by atoms with E-state index < -0.39 is 0 Å². The molecular weight excluding hydrogens is 430 g/mol. The lowest BCUT2D eigenvalue weighted by molar-refractivity contribution is -0.133. The van der Waals surface area contributed by atoms with E-state index in [-0.39, 0.29) is 23.1 Å². The van der Waals surface area contributed by atoms with Gasteiger partial charge in [0.25, 0.3) is 5.91 Å². The molecule has 2 aliphatic rings. The normalized spacial score (nSPS) is 19.0. The highest BCUT2D eigenvalue weighted by Crippen LogP contribution is 2.60. The molecule has 0 radical (unpaired) electrons. The SMILES string of the molecule is Cc1ccc2nc(C)c(C)c(C(=O)N3CCC4(CC3)C[C@@H]4C(=O)N(C)Cc3nonc3C)c2c1. The summed E-state index contributed by atoms with van der Waals surface area (Å²) in [5.74, 6) is 0.232. The summed E-state index contributed by atoms with van der Waals surface area (Å²) < 4.78 is 4.75. The Hall–Kier alpha value is -3.29. The number of carbonyl (C=O) groups excluding carboxylic acids is 2. The van der Waals surface area contributed by atoms with E-state index >= 15 is 0 Å². The minimum Gasteiger partial charge on any atom is -0.339 e. The fraction of sp³-hybridized carbons (Fsp3) is 0.500. The van der Waals surface area contributed by atoms with Crippen molar-refractivity contribution < 1.29 is 14.2 Å². The van der Waals surface area contributed by atoms with Gasteiger partial charge in [-0.1, -0.05) is 21.9 Å². The van der Waals surface area contributed by atoms with E-state index in [1.807, 2.05) is 51.8 Å². The second-order valence-corrected chi connectivity index (χ2v) is 10.1. The first-order valence-corrected chi connectivity index (χ1v) is 11.9. The molecule has 0 unspecified atom stereocenters. The zero-order valence-corrected chi connectivity index (χ0v) is 20.5. The Bertz CT molecular complexity index is 1290. The summed E-state index contributed by atoms with van der Waals surface area (Å²) >= 11 is 0. The van der Waals surface area contributed by atoms with Crippen LogP contribution in [0, 0.1) is 39.0 Å². The first-order chi connectivity index (χ1) is 16.2. The monoisotopic (exact) mass is 461 g/mol. The number of hydrogen-bond donors (Lipinski definition) is 0. The number of benzene rings is 1. The number of rotatable bonds is 4. The fourth-order valence-corrected chi connectivity index (χ4v) is 5.39. The van der Waals surface area contributed by atoms with Crippen LogP contribution in [0.3, 0.4) is 0 Å². The van der Waals surface area contributed by atoms with Crippen molar-refractivity contribution in [2.75, 3.05) is 20.1 Å². The highest BCUT2D eigenvalue weighted by Gasteiger charge is 2.59. The summed E-state index contributed by atoms with van der Waals surface area (Å²) in [5, 5.41) is 8.61. The van der Waals surface area contributed by atoms with E-state index in [1.165, 1.54) is 0 Å². The van der Waals surface area contributed by atoms with Crippen LogP contribution in [-0.2, 0) is 11.3 Å². The van der Waals surface area contributed by atoms with E-state index in [0.717, 1.165) is 52.5 Å². The number of likely N-dealkylation sites (tertiary alicyclic amines) is 1. The largest absolute Gasteiger partial charge is 0.339 e. The fourth-order valence-electron chi connectivity index (χ4n) is 5.39. The van der Waals surface area contributed by atoms with Crippen LogP contribution in [-0.4, -0.2) is 57.0 Å². The second-order valence-electron chi connectivity index (χ2n) is 10.1. The number of nitrogens with zero attached hydrogens (tertiary/aromatic N) is 5. The van der Waals surface area contributed by atoms with Gasteiger partial charge in [-0.05, 0) is 70.1 Å². The lowest BCUT2D eigenvalue weighted by Crippen LogP contribution is -2.41. The third kappa shape index (κ3) is 3.75. The van der Waals surface area contributed by atoms with Crippen LogP contribution in [0.15, 0.2) is 22.8 Å². The average Bonchev–Trinajstić information content (AvgIpc) is 3.36. The van der Waals surface area contributed by atoms with Crippen molar-refractivity contribution in [1.29, 1.82) is 0 Å². The molecule has 3 heterocycles. The molecular formula is C26H31N5O3. The van der Waals surface area contributed by atoms with E-state index in [4.69, 9.17) is 4.63 Å². The molecule has 2 fully saturated rings. The van der Waals surface area contributed by atoms with Crippen molar-refractivity contribution in [3.05, 3.63) is 52.0 Å². The van der Waals surface area contributed by atoms with Crippen molar-refractivity contribution in [1.82, 2.24) is 25.1 Å². The van der Waals surface area contributed by atoms with Crippen LogP contribution in [0.1, 0.15) is 57.8 Å². The minimum atomic E-state index is 0.0150. The molecule has 1 saturated heterocycles. The molecule has 1 aliphatic carbocycles. The Morgan fingerprint density at radius 1 is 1.12 bits per heavy atom. The molecule has 8 nitrogen and oxygen atoms in total. The first-order valence-electron chi connectivity index (χ1n) is 11.9. The Balaban J connectivity index is 1.28. The van der Waals surface area contributed by atoms with Gasteiger partial charge in [0.2, 0.25) is 5.91 Å². The lowest BCUT2D eigenvalue weighted by atomic mass is 9.89. The Morgan fingerprint density at radius 3 is 2.53 bits per heavy atom. The minimum absolute atomic E-state index is 0.0150. The van der Waals surface area contributed by atoms with Crippen LogP contribution in [0.4, 0.5) is 0 Å². The van der Waals surface area contributed by atoms with Gasteiger partial charge in [-0.15, -0.1) is 0 Å². The van der Waals surface area contributed by atoms with Crippen LogP contribution in [0.25, 0.3) is 10.9 Å². The number of piperidine rings is 1. The van der Waals surface area contributed by atoms with Crippen LogP contribution >= 0.6 is 0 Å². The predicted octanol–water partition coefficient (Wildman–Crippen LogP) is 3.75. The summed E-state index contributed by atoms with van der Waals surface area (Å²) in [4.78, 5) is 35.1. The number of fused-ring (bicyclic) bond motifs is 1. The third-order valence-corrected chi connectivity index (χ3v) is 7.88. The molecule has 0 N–H and O–H groups in total. The molecule has 2 amide bonds. The Morgan fingerprint density at radius 2 is 1.85 bits per heavy atom. The van der Waals surface area contributed by atoms with Gasteiger partial charge in [-0.2, -0.15) is 0 Å². The summed E-state index contributed by atoms with van der Waals surface area (Å²) in [5.41, 5.74) is 5.99. The molecule has 1 atom stereocenters. The highest BCUT2D eigenvalue weighted by molar-refractivity contribution is 6.07. The quantitative estimate of drug-likeness (QED) is 0.588. The smallest absolute Gasteiger partial charge is 0.254 e. The summed E-state index contributed by atoms with van der Waals surface area (Å²) in [6.07, 6.45) is 2.60. The molecule has 1 spiro atoms. The molecule has 2 aromatic heterocycles. The van der Waals surface area contributed by atoms with Gasteiger partial charge >= 0.3 is 0 Å². The third-order valence-electron chi connectivity index (χ3n) is 7.88. The summed E-state index contributed by atoms with van der Waals surface area (Å²) in [6, 6.07) is 6.09. The van der Waals surface area contributed by atoms with Crippen molar-refractivity contribution in [2.24, 2.45) is 11.3 Å². The van der Waals surface area contributed by atoms with Crippen molar-refractivity contribution >= 4 is 22.7 Å². The second kappa shape index (κ2) is 8.18. The van der Waals surface area contributed by atoms with E-state index in [2.05, 4.69) is 21.4 Å². The Labute approximate surface area is 199 Å². The predicted molar refractivity (Wildman–Crippen MR) is 127 cm³/mol. The molecule has 1 aliphatic heterocycles. The zero-order valence-electron chi connectivity index (χ0n) is 20.5. The molecule has 178 valence electrons. The van der Waals surface area contributed by atoms with Gasteiger partial charge in [0, 0.05) is 37.1 Å². The average molecular weight is 462 g/mol. The summed E-state index contributed by atoms with van der Waals surface area (Å²) in [6.45, 7) is 9.56. The molecule has 1 aromatic carbocycles. The van der Waals surface area contributed by atoms with Crippen LogP contribution in [0.5, 0.6) is 0 Å². The van der Waals surface area contributed by atoms with Gasteiger partial charge in [-0.3, -0.25) is 14.6 Å². The van der Waals surface area contributed by atoms with Crippen LogP contribution < -0.4 is 0 Å². The van der Waals surface area contributed by atoms with Crippen LogP contribution in [0.2, 0.25) is 0 Å². The first kappa shape index (κ1) is 22.5. The topological polar surface area (TPSA) is 92.4 Å². The number of carbonyl (C=O) groups is 2. The van der Waals surface area contributed by atoms with Crippen molar-refractivity contribution in [3.63, 3.8) is 0 Å². The van der Waals surface area contributed by atoms with E-state index in [0.29, 0.717) is 31.0 Å². The van der Waals surface area contributed by atoms with Gasteiger partial charge < -0.3 is 9.80 Å². The molecule has 34 heavy (non-hydrogen) atoms. The number of pyridine rings is 1. The molecule has 3 aromatic rings. The number of aryl methyl sites for hydroxylation is 3. The molecule has 0 bridgehead atoms. The summed E-state index contributed by atoms with van der Waals surface area (Å²) in [7, 11) is 1.81. The lowest BCUT2D eigenvalue weighted by Gasteiger charge is -2.34. The maximum absolute atomic E-state index is 13.7. The number of hydrogen-bond acceptors (Lipinski definition) is 6. The molecule has 8 heteroatoms. The van der Waals surface area contributed by atoms with Crippen molar-refractivity contribution in [2.45, 2.75) is 53.5 Å².